The van der Waals surface area contributed by atoms with Gasteiger partial charge in [0.2, 0.25) is 0 Å². The summed E-state index contributed by atoms with van der Waals surface area (Å²) in [5.41, 5.74) is 1.59. The van der Waals surface area contributed by atoms with Crippen LogP contribution in [-0.4, -0.2) is 42.9 Å². The van der Waals surface area contributed by atoms with E-state index in [9.17, 15) is 14.4 Å². The summed E-state index contributed by atoms with van der Waals surface area (Å²) in [6.07, 6.45) is 3.08. The Bertz CT molecular complexity index is 1600. The van der Waals surface area contributed by atoms with Crippen molar-refractivity contribution in [3.8, 4) is 17.2 Å². The van der Waals surface area contributed by atoms with E-state index in [4.69, 9.17) is 14.2 Å². The molecule has 1 aromatic heterocycles. The van der Waals surface area contributed by atoms with Gasteiger partial charge in [-0.3, -0.25) is 18.7 Å². The normalized spacial score (nSPS) is 10.9. The zero-order chi connectivity index (χ0) is 28.6. The fourth-order valence-corrected chi connectivity index (χ4v) is 4.61. The molecule has 0 aliphatic heterocycles. The zero-order valence-corrected chi connectivity index (χ0v) is 23.4. The van der Waals surface area contributed by atoms with Gasteiger partial charge in [0.25, 0.3) is 11.5 Å². The first kappa shape index (κ1) is 28.5. The number of methoxy groups -OCH3 is 3. The minimum atomic E-state index is -0.467. The lowest BCUT2D eigenvalue weighted by Gasteiger charge is -2.17. The van der Waals surface area contributed by atoms with Crippen molar-refractivity contribution in [2.45, 2.75) is 39.3 Å². The average Bonchev–Trinajstić information content (AvgIpc) is 2.99. The van der Waals surface area contributed by atoms with Crippen molar-refractivity contribution in [1.29, 1.82) is 0 Å². The molecular formula is C31H35N3O6. The maximum atomic E-state index is 13.8. The van der Waals surface area contributed by atoms with Crippen LogP contribution in [0.4, 0.5) is 0 Å². The van der Waals surface area contributed by atoms with Crippen LogP contribution in [0.3, 0.4) is 0 Å². The number of hydrogen-bond donors (Lipinski definition) is 1. The van der Waals surface area contributed by atoms with Crippen LogP contribution in [0.2, 0.25) is 0 Å². The molecule has 0 radical (unpaired) electrons. The van der Waals surface area contributed by atoms with E-state index in [2.05, 4.69) is 12.2 Å². The number of nitrogens with one attached hydrogen (secondary N) is 1. The molecule has 0 unspecified atom stereocenters. The fraction of sp³-hybridized carbons (Fsp3) is 0.323. The molecule has 210 valence electrons. The lowest BCUT2D eigenvalue weighted by molar-refractivity contribution is 0.0953. The van der Waals surface area contributed by atoms with Gasteiger partial charge in [-0.2, -0.15) is 0 Å². The summed E-state index contributed by atoms with van der Waals surface area (Å²) in [7, 11) is 4.58. The number of nitrogens with zero attached hydrogens (tertiary/aromatic N) is 2. The van der Waals surface area contributed by atoms with Crippen LogP contribution in [0, 0.1) is 0 Å². The molecule has 0 saturated carbocycles. The Morgan fingerprint density at radius 3 is 2.17 bits per heavy atom. The van der Waals surface area contributed by atoms with Crippen molar-refractivity contribution in [1.82, 2.24) is 14.5 Å². The maximum Gasteiger partial charge on any atom is 0.332 e. The van der Waals surface area contributed by atoms with E-state index in [1.54, 1.807) is 48.1 Å². The van der Waals surface area contributed by atoms with Crippen LogP contribution in [0.25, 0.3) is 10.9 Å². The smallest absolute Gasteiger partial charge is 0.332 e. The van der Waals surface area contributed by atoms with E-state index < -0.39 is 11.2 Å². The number of ether oxygens (including phenoxy) is 3. The van der Waals surface area contributed by atoms with E-state index in [0.29, 0.717) is 40.3 Å². The Labute approximate surface area is 232 Å². The minimum absolute atomic E-state index is 0.0401. The van der Waals surface area contributed by atoms with Gasteiger partial charge in [-0.15, -0.1) is 0 Å². The standard InChI is InChI=1S/C31H35N3O6/c1-5-6-7-15-32-29(35)23-13-11-21(12-14-23)19-34-30(36)25-17-27(39-3)28(40-4)18-26(25)33(31(34)37)20-22-9-8-10-24(16-22)38-2/h8-14,16-18H,5-7,15,19-20H2,1-4H3,(H,32,35). The van der Waals surface area contributed by atoms with E-state index in [1.165, 1.54) is 18.8 Å². The van der Waals surface area contributed by atoms with Crippen LogP contribution >= 0.6 is 0 Å². The Hall–Kier alpha value is -4.53. The monoisotopic (exact) mass is 545 g/mol. The molecule has 0 bridgehead atoms. The molecule has 1 N–H and O–H groups in total. The highest BCUT2D eigenvalue weighted by Gasteiger charge is 2.18. The summed E-state index contributed by atoms with van der Waals surface area (Å²) in [6.45, 7) is 2.99. The molecule has 4 rings (SSSR count). The Morgan fingerprint density at radius 2 is 1.50 bits per heavy atom. The summed E-state index contributed by atoms with van der Waals surface area (Å²) in [4.78, 5) is 39.9. The Morgan fingerprint density at radius 1 is 0.800 bits per heavy atom. The minimum Gasteiger partial charge on any atom is -0.497 e. The summed E-state index contributed by atoms with van der Waals surface area (Å²) in [5.74, 6) is 1.32. The third-order valence-electron chi connectivity index (χ3n) is 6.83. The topological polar surface area (TPSA) is 101 Å². The highest BCUT2D eigenvalue weighted by molar-refractivity contribution is 5.94. The number of carbonyl (C=O) groups excluding carboxylic acids is 1. The Kier molecular flexibility index (Phi) is 9.27. The highest BCUT2D eigenvalue weighted by atomic mass is 16.5. The molecule has 9 heteroatoms. The molecule has 40 heavy (non-hydrogen) atoms. The van der Waals surface area contributed by atoms with Gasteiger partial charge in [-0.25, -0.2) is 4.79 Å². The number of rotatable bonds is 12. The molecule has 3 aromatic carbocycles. The first-order valence-corrected chi connectivity index (χ1v) is 13.3. The third-order valence-corrected chi connectivity index (χ3v) is 6.83. The molecule has 1 amide bonds. The van der Waals surface area contributed by atoms with Gasteiger partial charge >= 0.3 is 5.69 Å². The highest BCUT2D eigenvalue weighted by Crippen LogP contribution is 2.30. The summed E-state index contributed by atoms with van der Waals surface area (Å²) < 4.78 is 19.0. The van der Waals surface area contributed by atoms with Crippen molar-refractivity contribution < 1.29 is 19.0 Å². The number of amides is 1. The second-order valence-corrected chi connectivity index (χ2v) is 9.50. The number of fused-ring (bicyclic) bond motifs is 1. The van der Waals surface area contributed by atoms with Crippen molar-refractivity contribution >= 4 is 16.8 Å². The molecule has 1 heterocycles. The number of benzene rings is 3. The number of aromatic nitrogens is 2. The lowest BCUT2D eigenvalue weighted by Crippen LogP contribution is -2.40. The number of carbonyl (C=O) groups is 1. The van der Waals surface area contributed by atoms with Gasteiger partial charge in [0.15, 0.2) is 11.5 Å². The van der Waals surface area contributed by atoms with Crippen LogP contribution in [0.5, 0.6) is 17.2 Å². The van der Waals surface area contributed by atoms with E-state index in [0.717, 1.165) is 30.4 Å². The van der Waals surface area contributed by atoms with E-state index in [1.807, 2.05) is 24.3 Å². The summed E-state index contributed by atoms with van der Waals surface area (Å²) >= 11 is 0. The van der Waals surface area contributed by atoms with Gasteiger partial charge in [-0.1, -0.05) is 44.0 Å². The largest absolute Gasteiger partial charge is 0.497 e. The number of unbranched alkanes of at least 4 members (excludes halogenated alkanes) is 2. The first-order chi connectivity index (χ1) is 19.4. The number of hydrogen-bond acceptors (Lipinski definition) is 6. The van der Waals surface area contributed by atoms with Gasteiger partial charge in [0.1, 0.15) is 5.75 Å². The van der Waals surface area contributed by atoms with Crippen LogP contribution in [-0.2, 0) is 13.1 Å². The lowest BCUT2D eigenvalue weighted by atomic mass is 10.1. The molecule has 0 spiro atoms. The summed E-state index contributed by atoms with van der Waals surface area (Å²) in [6, 6.07) is 17.6. The SMILES string of the molecule is CCCCCNC(=O)c1ccc(Cn2c(=O)c3cc(OC)c(OC)cc3n(Cc3cccc(OC)c3)c2=O)cc1. The quantitative estimate of drug-likeness (QED) is 0.268. The van der Waals surface area contributed by atoms with Gasteiger partial charge in [0, 0.05) is 18.2 Å². The maximum absolute atomic E-state index is 13.8. The van der Waals surface area contributed by atoms with Crippen molar-refractivity contribution in [2.24, 2.45) is 0 Å². The summed E-state index contributed by atoms with van der Waals surface area (Å²) in [5, 5.41) is 3.24. The van der Waals surface area contributed by atoms with Gasteiger partial charge < -0.3 is 19.5 Å². The molecule has 4 aromatic rings. The molecule has 0 aliphatic rings. The van der Waals surface area contributed by atoms with Gasteiger partial charge in [-0.05, 0) is 47.9 Å². The molecule has 0 saturated heterocycles. The zero-order valence-electron chi connectivity index (χ0n) is 23.4. The van der Waals surface area contributed by atoms with Crippen molar-refractivity contribution in [3.05, 3.63) is 98.2 Å². The average molecular weight is 546 g/mol. The second kappa shape index (κ2) is 13.0. The predicted molar refractivity (Wildman–Crippen MR) is 155 cm³/mol. The van der Waals surface area contributed by atoms with Crippen LogP contribution in [0.1, 0.15) is 47.7 Å². The van der Waals surface area contributed by atoms with E-state index >= 15 is 0 Å². The molecule has 0 aliphatic carbocycles. The Balaban J connectivity index is 1.75. The fourth-order valence-electron chi connectivity index (χ4n) is 4.61. The molecular weight excluding hydrogens is 510 g/mol. The molecule has 0 fully saturated rings. The molecule has 0 atom stereocenters. The first-order valence-electron chi connectivity index (χ1n) is 13.3. The van der Waals surface area contributed by atoms with Crippen molar-refractivity contribution in [3.63, 3.8) is 0 Å². The van der Waals surface area contributed by atoms with Crippen LogP contribution < -0.4 is 30.8 Å². The van der Waals surface area contributed by atoms with E-state index in [-0.39, 0.29) is 19.0 Å². The third kappa shape index (κ3) is 6.20. The van der Waals surface area contributed by atoms with Crippen LogP contribution in [0.15, 0.2) is 70.3 Å². The second-order valence-electron chi connectivity index (χ2n) is 9.50. The van der Waals surface area contributed by atoms with Gasteiger partial charge in [0.05, 0.1) is 45.3 Å². The predicted octanol–water partition coefficient (Wildman–Crippen LogP) is 4.21. The molecule has 9 nitrogen and oxygen atoms in total. The van der Waals surface area contributed by atoms with Crippen molar-refractivity contribution in [2.75, 3.05) is 27.9 Å².